The van der Waals surface area contributed by atoms with Crippen LogP contribution in [0.2, 0.25) is 0 Å². The summed E-state index contributed by atoms with van der Waals surface area (Å²) in [6.45, 7) is 6.92. The molecule has 0 saturated heterocycles. The number of allylic oxidation sites excluding steroid dienone is 1. The molecular weight excluding hydrogens is 1020 g/mol. The minimum Gasteiger partial charge on any atom is -0.756 e. The molecule has 0 aliphatic rings. The summed E-state index contributed by atoms with van der Waals surface area (Å²) in [6.07, 6.45) is 73.4. The highest BCUT2D eigenvalue weighted by atomic mass is 31.2. The van der Waals surface area contributed by atoms with Crippen molar-refractivity contribution in [3.63, 3.8) is 0 Å². The summed E-state index contributed by atoms with van der Waals surface area (Å²) in [5, 5.41) is 3.05. The van der Waals surface area contributed by atoms with Crippen LogP contribution < -0.4 is 10.2 Å². The van der Waals surface area contributed by atoms with E-state index >= 15 is 0 Å². The fourth-order valence-electron chi connectivity index (χ4n) is 11.2. The Hall–Kier alpha value is -1.25. The average molecular weight is 1170 g/mol. The number of hydrogen-bond acceptors (Lipinski definition) is 7. The molecule has 1 amide bonds. The zero-order valence-electron chi connectivity index (χ0n) is 55.3. The van der Waals surface area contributed by atoms with Crippen molar-refractivity contribution in [2.24, 2.45) is 0 Å². The number of rotatable bonds is 67. The van der Waals surface area contributed by atoms with Gasteiger partial charge in [-0.05, 0) is 31.8 Å². The molecule has 1 N–H and O–H groups in total. The molecule has 0 bridgehead atoms. The van der Waals surface area contributed by atoms with E-state index in [2.05, 4.69) is 26.1 Å². The Morgan fingerprint density at radius 1 is 0.420 bits per heavy atom. The first kappa shape index (κ1) is 79.8. The maximum atomic E-state index is 13.6. The fraction of sp³-hybridized carbons (Fsp3) is 0.944. The summed E-state index contributed by atoms with van der Waals surface area (Å²) < 4.78 is 30.4. The van der Waals surface area contributed by atoms with Gasteiger partial charge in [-0.1, -0.05) is 348 Å². The molecule has 482 valence electrons. The first-order valence-electron chi connectivity index (χ1n) is 36.0. The normalized spacial score (nSPS) is 13.5. The monoisotopic (exact) mass is 1170 g/mol. The molecule has 81 heavy (non-hydrogen) atoms. The molecular formula is C71H141N2O7P. The number of nitrogens with one attached hydrogen (secondary N) is 1. The highest BCUT2D eigenvalue weighted by Crippen LogP contribution is 2.38. The van der Waals surface area contributed by atoms with Crippen LogP contribution in [0.25, 0.3) is 0 Å². The van der Waals surface area contributed by atoms with Gasteiger partial charge in [-0.2, -0.15) is 0 Å². The molecule has 0 aliphatic heterocycles. The summed E-state index contributed by atoms with van der Waals surface area (Å²) >= 11 is 0. The molecule has 0 saturated carbocycles. The third kappa shape index (κ3) is 63.1. The maximum absolute atomic E-state index is 13.6. The standard InChI is InChI=1S/C71H141N2O7P/c1-7-10-13-16-19-22-25-27-29-31-33-35-36-38-39-41-43-45-48-51-54-57-60-63-70(74)72-68(67-79-81(76,77)78-66-65-73(4,5)6)69(62-59-56-53-50-47-24-21-18-15-12-9-3)80-71(75)64-61-58-55-52-49-46-44-42-40-37-34-32-30-28-26-23-20-17-14-11-8-2/h59,62,68-69H,7-58,60-61,63-67H2,1-6H3,(H-,72,74,76,77)/b62-59+. The minimum absolute atomic E-state index is 0.0165. The van der Waals surface area contributed by atoms with Gasteiger partial charge in [0.1, 0.15) is 19.3 Å². The second kappa shape index (κ2) is 61.8. The Morgan fingerprint density at radius 3 is 1.01 bits per heavy atom. The van der Waals surface area contributed by atoms with Crippen LogP contribution in [0.1, 0.15) is 380 Å². The summed E-state index contributed by atoms with van der Waals surface area (Å²) in [5.74, 6) is -0.513. The molecule has 9 nitrogen and oxygen atoms in total. The van der Waals surface area contributed by atoms with E-state index in [-0.39, 0.29) is 31.5 Å². The molecule has 0 radical (unpaired) electrons. The lowest BCUT2D eigenvalue weighted by molar-refractivity contribution is -0.870. The SMILES string of the molecule is CCCCCCCCCCC/C=C/C(OC(=O)CCCCCCCCCCCCCCCCCCCCCCC)C(COP(=O)([O-])OCC[N+](C)(C)C)NC(=O)CCCCCCCCCCCCCCCCCCCCCCCCC. The summed E-state index contributed by atoms with van der Waals surface area (Å²) in [7, 11) is 1.21. The molecule has 10 heteroatoms. The topological polar surface area (TPSA) is 114 Å². The van der Waals surface area contributed by atoms with Crippen molar-refractivity contribution < 1.29 is 37.3 Å². The zero-order chi connectivity index (χ0) is 59.3. The number of phosphoric acid groups is 1. The molecule has 0 heterocycles. The van der Waals surface area contributed by atoms with Gasteiger partial charge in [0, 0.05) is 12.8 Å². The number of carbonyl (C=O) groups excluding carboxylic acids is 2. The number of likely N-dealkylation sites (N-methyl/N-ethyl adjacent to an activating group) is 1. The summed E-state index contributed by atoms with van der Waals surface area (Å²) in [6, 6.07) is -0.880. The molecule has 3 unspecified atom stereocenters. The Kier molecular flexibility index (Phi) is 60.9. The second-order valence-corrected chi connectivity index (χ2v) is 27.5. The van der Waals surface area contributed by atoms with E-state index in [0.29, 0.717) is 17.4 Å². The van der Waals surface area contributed by atoms with Crippen LogP contribution >= 0.6 is 7.82 Å². The van der Waals surface area contributed by atoms with Crippen molar-refractivity contribution in [1.82, 2.24) is 5.32 Å². The van der Waals surface area contributed by atoms with Crippen LogP contribution in [0, 0.1) is 0 Å². The van der Waals surface area contributed by atoms with Crippen LogP contribution in [0.5, 0.6) is 0 Å². The largest absolute Gasteiger partial charge is 0.756 e. The van der Waals surface area contributed by atoms with E-state index in [1.807, 2.05) is 33.3 Å². The lowest BCUT2D eigenvalue weighted by Gasteiger charge is -2.30. The molecule has 0 spiro atoms. The van der Waals surface area contributed by atoms with E-state index in [4.69, 9.17) is 13.8 Å². The number of ether oxygens (including phenoxy) is 1. The average Bonchev–Trinajstić information content (AvgIpc) is 3.43. The molecule has 0 aromatic heterocycles. The van der Waals surface area contributed by atoms with Gasteiger partial charge in [0.05, 0.1) is 33.8 Å². The lowest BCUT2D eigenvalue weighted by Crippen LogP contribution is -2.47. The fourth-order valence-corrected chi connectivity index (χ4v) is 11.9. The van der Waals surface area contributed by atoms with Crippen molar-refractivity contribution in [1.29, 1.82) is 0 Å². The highest BCUT2D eigenvalue weighted by molar-refractivity contribution is 7.45. The predicted molar refractivity (Wildman–Crippen MR) is 349 cm³/mol. The van der Waals surface area contributed by atoms with Crippen LogP contribution in [0.3, 0.4) is 0 Å². The van der Waals surface area contributed by atoms with Gasteiger partial charge >= 0.3 is 5.97 Å². The van der Waals surface area contributed by atoms with E-state index in [9.17, 15) is 19.0 Å². The van der Waals surface area contributed by atoms with E-state index in [1.54, 1.807) is 0 Å². The predicted octanol–water partition coefficient (Wildman–Crippen LogP) is 22.1. The quantitative estimate of drug-likeness (QED) is 0.0212. The first-order valence-corrected chi connectivity index (χ1v) is 37.5. The third-order valence-corrected chi connectivity index (χ3v) is 17.7. The van der Waals surface area contributed by atoms with Gasteiger partial charge in [-0.15, -0.1) is 0 Å². The van der Waals surface area contributed by atoms with Gasteiger partial charge < -0.3 is 28.5 Å². The molecule has 0 rings (SSSR count). The molecule has 3 atom stereocenters. The number of hydrogen-bond donors (Lipinski definition) is 1. The van der Waals surface area contributed by atoms with E-state index < -0.39 is 20.0 Å². The van der Waals surface area contributed by atoms with Crippen LogP contribution in [0.15, 0.2) is 12.2 Å². The van der Waals surface area contributed by atoms with Crippen molar-refractivity contribution >= 4 is 19.7 Å². The minimum atomic E-state index is -4.69. The van der Waals surface area contributed by atoms with Gasteiger partial charge in [-0.3, -0.25) is 14.2 Å². The number of esters is 1. The summed E-state index contributed by atoms with van der Waals surface area (Å²) in [5.41, 5.74) is 0. The lowest BCUT2D eigenvalue weighted by atomic mass is 10.0. The first-order chi connectivity index (χ1) is 39.4. The van der Waals surface area contributed by atoms with E-state index in [0.717, 1.165) is 57.8 Å². The Morgan fingerprint density at radius 2 is 0.704 bits per heavy atom. The van der Waals surface area contributed by atoms with Crippen molar-refractivity contribution in [3.8, 4) is 0 Å². The number of nitrogens with zero attached hydrogens (tertiary/aromatic N) is 1. The van der Waals surface area contributed by atoms with Gasteiger partial charge in [0.2, 0.25) is 5.91 Å². The Bertz CT molecular complexity index is 1390. The molecule has 0 fully saturated rings. The Labute approximate surface area is 505 Å². The van der Waals surface area contributed by atoms with E-state index in [1.165, 1.54) is 289 Å². The second-order valence-electron chi connectivity index (χ2n) is 26.1. The van der Waals surface area contributed by atoms with Crippen molar-refractivity contribution in [2.75, 3.05) is 40.9 Å². The molecule has 0 aliphatic carbocycles. The van der Waals surface area contributed by atoms with Crippen molar-refractivity contribution in [3.05, 3.63) is 12.2 Å². The smallest absolute Gasteiger partial charge is 0.306 e. The van der Waals surface area contributed by atoms with Crippen LogP contribution in [0.4, 0.5) is 0 Å². The van der Waals surface area contributed by atoms with Crippen molar-refractivity contribution in [2.45, 2.75) is 392 Å². The van der Waals surface area contributed by atoms with Gasteiger partial charge in [0.15, 0.2) is 0 Å². The summed E-state index contributed by atoms with van der Waals surface area (Å²) in [4.78, 5) is 40.1. The Balaban J connectivity index is 4.97. The number of quaternary nitrogens is 1. The number of phosphoric ester groups is 1. The van der Waals surface area contributed by atoms with Crippen LogP contribution in [-0.4, -0.2) is 69.4 Å². The zero-order valence-corrected chi connectivity index (χ0v) is 56.2. The maximum Gasteiger partial charge on any atom is 0.306 e. The van der Waals surface area contributed by atoms with Gasteiger partial charge in [0.25, 0.3) is 7.82 Å². The highest BCUT2D eigenvalue weighted by Gasteiger charge is 2.27. The molecule has 0 aromatic carbocycles. The number of amides is 1. The number of carbonyl (C=O) groups is 2. The van der Waals surface area contributed by atoms with Gasteiger partial charge in [-0.25, -0.2) is 0 Å². The van der Waals surface area contributed by atoms with Crippen LogP contribution in [-0.2, 0) is 27.9 Å². The third-order valence-electron chi connectivity index (χ3n) is 16.7. The number of unbranched alkanes of at least 4 members (excludes halogenated alkanes) is 51. The molecule has 0 aromatic rings.